The van der Waals surface area contributed by atoms with Gasteiger partial charge in [0.1, 0.15) is 18.0 Å². The van der Waals surface area contributed by atoms with E-state index in [-0.39, 0.29) is 24.1 Å². The SMILES string of the molecule is CC1(C)Cc2cc([N+](=O)[O-])c(OCC3CCCN3C(=O)O)cc2O1. The number of rotatable bonds is 4. The van der Waals surface area contributed by atoms with E-state index < -0.39 is 16.6 Å². The predicted octanol–water partition coefficient (Wildman–Crippen LogP) is 2.83. The number of nitrogens with zero attached hydrogens (tertiary/aromatic N) is 2. The van der Waals surface area contributed by atoms with Crippen LogP contribution in [0.2, 0.25) is 0 Å². The molecule has 3 rings (SSSR count). The highest BCUT2D eigenvalue weighted by molar-refractivity contribution is 5.65. The Bertz CT molecular complexity index is 687. The van der Waals surface area contributed by atoms with Gasteiger partial charge in [0, 0.05) is 30.7 Å². The first-order chi connectivity index (χ1) is 11.3. The second-order valence-corrected chi connectivity index (χ2v) is 6.81. The Morgan fingerprint density at radius 3 is 2.96 bits per heavy atom. The summed E-state index contributed by atoms with van der Waals surface area (Å²) in [5, 5.41) is 20.5. The summed E-state index contributed by atoms with van der Waals surface area (Å²) in [6.07, 6.45) is 1.06. The van der Waals surface area contributed by atoms with E-state index in [1.54, 1.807) is 6.07 Å². The number of amides is 1. The molecule has 0 radical (unpaired) electrons. The van der Waals surface area contributed by atoms with Gasteiger partial charge in [-0.3, -0.25) is 10.1 Å². The molecule has 0 aromatic heterocycles. The Kier molecular flexibility index (Phi) is 3.98. The standard InChI is InChI=1S/C16H20N2O6/c1-16(2)8-10-6-12(18(21)22)14(7-13(10)24-16)23-9-11-4-3-5-17(11)15(19)20/h6-7,11H,3-5,8-9H2,1-2H3,(H,19,20). The number of fused-ring (bicyclic) bond motifs is 1. The quantitative estimate of drug-likeness (QED) is 0.670. The van der Waals surface area contributed by atoms with Crippen LogP contribution in [-0.4, -0.2) is 45.8 Å². The Balaban J connectivity index is 1.80. The van der Waals surface area contributed by atoms with Crippen molar-refractivity contribution >= 4 is 11.8 Å². The molecule has 130 valence electrons. The zero-order valence-corrected chi connectivity index (χ0v) is 13.7. The summed E-state index contributed by atoms with van der Waals surface area (Å²) in [6, 6.07) is 2.75. The maximum Gasteiger partial charge on any atom is 0.407 e. The zero-order chi connectivity index (χ0) is 17.5. The number of nitro groups is 1. The highest BCUT2D eigenvalue weighted by Crippen LogP contribution is 2.42. The van der Waals surface area contributed by atoms with Crippen LogP contribution >= 0.6 is 0 Å². The lowest BCUT2D eigenvalue weighted by atomic mass is 10.0. The van der Waals surface area contributed by atoms with Gasteiger partial charge >= 0.3 is 11.8 Å². The smallest absolute Gasteiger partial charge is 0.407 e. The van der Waals surface area contributed by atoms with Crippen molar-refractivity contribution in [3.63, 3.8) is 0 Å². The molecular weight excluding hydrogens is 316 g/mol. The van der Waals surface area contributed by atoms with Crippen LogP contribution in [0.5, 0.6) is 11.5 Å². The summed E-state index contributed by atoms with van der Waals surface area (Å²) < 4.78 is 11.4. The normalized spacial score (nSPS) is 21.2. The van der Waals surface area contributed by atoms with Gasteiger partial charge in [0.2, 0.25) is 5.75 Å². The fourth-order valence-electron chi connectivity index (χ4n) is 3.32. The molecular formula is C16H20N2O6. The van der Waals surface area contributed by atoms with E-state index in [2.05, 4.69) is 0 Å². The molecule has 8 heteroatoms. The molecule has 1 fully saturated rings. The lowest BCUT2D eigenvalue weighted by molar-refractivity contribution is -0.386. The second kappa shape index (κ2) is 5.85. The van der Waals surface area contributed by atoms with Crippen molar-refractivity contribution in [2.75, 3.05) is 13.2 Å². The van der Waals surface area contributed by atoms with Crippen molar-refractivity contribution < 1.29 is 24.3 Å². The van der Waals surface area contributed by atoms with Crippen molar-refractivity contribution in [3.8, 4) is 11.5 Å². The summed E-state index contributed by atoms with van der Waals surface area (Å²) in [4.78, 5) is 23.3. The van der Waals surface area contributed by atoms with E-state index in [0.717, 1.165) is 12.0 Å². The van der Waals surface area contributed by atoms with Crippen LogP contribution < -0.4 is 9.47 Å². The number of likely N-dealkylation sites (tertiary alicyclic amines) is 1. The first kappa shape index (κ1) is 16.4. The van der Waals surface area contributed by atoms with Crippen molar-refractivity contribution in [3.05, 3.63) is 27.8 Å². The summed E-state index contributed by atoms with van der Waals surface area (Å²) >= 11 is 0. The summed E-state index contributed by atoms with van der Waals surface area (Å²) in [7, 11) is 0. The maximum atomic E-state index is 11.3. The molecule has 2 heterocycles. The molecule has 0 spiro atoms. The Hall–Kier alpha value is -2.51. The number of benzene rings is 1. The maximum absolute atomic E-state index is 11.3. The average molecular weight is 336 g/mol. The molecule has 1 amide bonds. The number of ether oxygens (including phenoxy) is 2. The number of hydrogen-bond donors (Lipinski definition) is 1. The Labute approximate surface area is 139 Å². The van der Waals surface area contributed by atoms with Gasteiger partial charge in [-0.25, -0.2) is 4.79 Å². The van der Waals surface area contributed by atoms with Crippen molar-refractivity contribution in [1.29, 1.82) is 0 Å². The van der Waals surface area contributed by atoms with Crippen molar-refractivity contribution in [1.82, 2.24) is 4.90 Å². The third kappa shape index (κ3) is 3.08. The van der Waals surface area contributed by atoms with Gasteiger partial charge < -0.3 is 19.5 Å². The molecule has 1 unspecified atom stereocenters. The van der Waals surface area contributed by atoms with Crippen LogP contribution in [-0.2, 0) is 6.42 Å². The van der Waals surface area contributed by atoms with Gasteiger partial charge in [0.05, 0.1) is 11.0 Å². The highest BCUT2D eigenvalue weighted by Gasteiger charge is 2.34. The van der Waals surface area contributed by atoms with E-state index in [4.69, 9.17) is 14.6 Å². The third-order valence-corrected chi connectivity index (χ3v) is 4.40. The van der Waals surface area contributed by atoms with Gasteiger partial charge in [-0.15, -0.1) is 0 Å². The molecule has 0 bridgehead atoms. The topological polar surface area (TPSA) is 102 Å². The van der Waals surface area contributed by atoms with E-state index in [9.17, 15) is 14.9 Å². The van der Waals surface area contributed by atoms with Gasteiger partial charge in [0.25, 0.3) is 0 Å². The molecule has 2 aliphatic rings. The molecule has 1 saturated heterocycles. The van der Waals surface area contributed by atoms with Gasteiger partial charge in [-0.2, -0.15) is 0 Å². The monoisotopic (exact) mass is 336 g/mol. The van der Waals surface area contributed by atoms with E-state index in [0.29, 0.717) is 25.1 Å². The van der Waals surface area contributed by atoms with Crippen LogP contribution in [0.3, 0.4) is 0 Å². The van der Waals surface area contributed by atoms with Crippen molar-refractivity contribution in [2.45, 2.75) is 44.8 Å². The molecule has 1 N–H and O–H groups in total. The minimum atomic E-state index is -0.991. The molecule has 8 nitrogen and oxygen atoms in total. The summed E-state index contributed by atoms with van der Waals surface area (Å²) in [5.74, 6) is 0.704. The number of carboxylic acid groups (broad SMARTS) is 1. The number of carbonyl (C=O) groups is 1. The molecule has 2 aliphatic heterocycles. The molecule has 24 heavy (non-hydrogen) atoms. The van der Waals surface area contributed by atoms with Crippen LogP contribution in [0.4, 0.5) is 10.5 Å². The fourth-order valence-corrected chi connectivity index (χ4v) is 3.32. The van der Waals surface area contributed by atoms with Crippen molar-refractivity contribution in [2.24, 2.45) is 0 Å². The van der Waals surface area contributed by atoms with E-state index in [1.807, 2.05) is 13.8 Å². The van der Waals surface area contributed by atoms with E-state index >= 15 is 0 Å². The molecule has 0 saturated carbocycles. The van der Waals surface area contributed by atoms with Gasteiger partial charge in [0.15, 0.2) is 0 Å². The van der Waals surface area contributed by atoms with E-state index in [1.165, 1.54) is 11.0 Å². The molecule has 1 aromatic carbocycles. The minimum absolute atomic E-state index is 0.0926. The average Bonchev–Trinajstić information content (AvgIpc) is 3.05. The van der Waals surface area contributed by atoms with Crippen LogP contribution in [0.1, 0.15) is 32.3 Å². The Morgan fingerprint density at radius 2 is 2.29 bits per heavy atom. The first-order valence-electron chi connectivity index (χ1n) is 7.89. The predicted molar refractivity (Wildman–Crippen MR) is 84.8 cm³/mol. The van der Waals surface area contributed by atoms with Crippen LogP contribution in [0.15, 0.2) is 12.1 Å². The summed E-state index contributed by atoms with van der Waals surface area (Å²) in [6.45, 7) is 4.40. The number of nitro benzene ring substituents is 1. The lowest BCUT2D eigenvalue weighted by Crippen LogP contribution is -2.38. The second-order valence-electron chi connectivity index (χ2n) is 6.81. The molecule has 0 aliphatic carbocycles. The zero-order valence-electron chi connectivity index (χ0n) is 13.7. The minimum Gasteiger partial charge on any atom is -0.487 e. The molecule has 1 atom stereocenters. The van der Waals surface area contributed by atoms with Crippen LogP contribution in [0, 0.1) is 10.1 Å². The van der Waals surface area contributed by atoms with Gasteiger partial charge in [-0.1, -0.05) is 0 Å². The van der Waals surface area contributed by atoms with Crippen LogP contribution in [0.25, 0.3) is 0 Å². The Morgan fingerprint density at radius 1 is 1.54 bits per heavy atom. The largest absolute Gasteiger partial charge is 0.487 e. The summed E-state index contributed by atoms with van der Waals surface area (Å²) in [5.41, 5.74) is 0.266. The molecule has 1 aromatic rings. The highest BCUT2D eigenvalue weighted by atomic mass is 16.6. The fraction of sp³-hybridized carbons (Fsp3) is 0.562. The third-order valence-electron chi connectivity index (χ3n) is 4.40. The lowest BCUT2D eigenvalue weighted by Gasteiger charge is -2.21. The number of hydrogen-bond acceptors (Lipinski definition) is 5. The van der Waals surface area contributed by atoms with Gasteiger partial charge in [-0.05, 0) is 26.7 Å². The first-order valence-corrected chi connectivity index (χ1v) is 7.89.